The van der Waals surface area contributed by atoms with Crippen molar-refractivity contribution in [1.29, 1.82) is 0 Å². The third-order valence-electron chi connectivity index (χ3n) is 3.85. The van der Waals surface area contributed by atoms with Crippen LogP contribution in [0, 0.1) is 11.8 Å². The highest BCUT2D eigenvalue weighted by atomic mass is 16.5. The largest absolute Gasteiger partial charge is 0.387 e. The Labute approximate surface area is 86.6 Å². The van der Waals surface area contributed by atoms with Crippen LogP contribution in [0.5, 0.6) is 0 Å². The molecule has 2 saturated carbocycles. The van der Waals surface area contributed by atoms with Gasteiger partial charge in [-0.2, -0.15) is 0 Å². The Morgan fingerprint density at radius 2 is 1.86 bits per heavy atom. The van der Waals surface area contributed by atoms with E-state index in [-0.39, 0.29) is 0 Å². The minimum absolute atomic E-state index is 0.496. The Bertz CT molecular complexity index is 183. The third-order valence-corrected chi connectivity index (χ3v) is 3.85. The van der Waals surface area contributed by atoms with Gasteiger partial charge >= 0.3 is 0 Å². The van der Waals surface area contributed by atoms with Gasteiger partial charge in [-0.25, -0.2) is 0 Å². The van der Waals surface area contributed by atoms with Gasteiger partial charge in [0.25, 0.3) is 0 Å². The van der Waals surface area contributed by atoms with Crippen molar-refractivity contribution < 1.29 is 9.84 Å². The van der Waals surface area contributed by atoms with Crippen LogP contribution in [0.25, 0.3) is 0 Å². The molecule has 0 aromatic rings. The predicted molar refractivity (Wildman–Crippen MR) is 56.1 cm³/mol. The highest BCUT2D eigenvalue weighted by Crippen LogP contribution is 2.45. The van der Waals surface area contributed by atoms with Crippen LogP contribution in [-0.2, 0) is 4.74 Å². The fourth-order valence-electron chi connectivity index (χ4n) is 2.93. The molecule has 0 spiro atoms. The standard InChI is InChI=1S/C12H22O2/c1-14-9-12(13,11-6-7-11)8-10-4-2-3-5-10/h10-11,13H,2-9H2,1H3. The molecule has 0 saturated heterocycles. The van der Waals surface area contributed by atoms with Gasteiger partial charge in [0.1, 0.15) is 0 Å². The second-order valence-electron chi connectivity index (χ2n) is 5.17. The second-order valence-corrected chi connectivity index (χ2v) is 5.17. The molecule has 2 aliphatic rings. The molecule has 0 aromatic carbocycles. The maximum absolute atomic E-state index is 10.5. The van der Waals surface area contributed by atoms with Gasteiger partial charge in [0, 0.05) is 7.11 Å². The lowest BCUT2D eigenvalue weighted by Gasteiger charge is -2.30. The van der Waals surface area contributed by atoms with E-state index in [4.69, 9.17) is 4.74 Å². The minimum Gasteiger partial charge on any atom is -0.387 e. The number of hydrogen-bond acceptors (Lipinski definition) is 2. The van der Waals surface area contributed by atoms with Crippen molar-refractivity contribution in [2.24, 2.45) is 11.8 Å². The van der Waals surface area contributed by atoms with Gasteiger partial charge in [-0.15, -0.1) is 0 Å². The summed E-state index contributed by atoms with van der Waals surface area (Å²) in [7, 11) is 1.70. The van der Waals surface area contributed by atoms with Crippen LogP contribution in [0.1, 0.15) is 44.9 Å². The van der Waals surface area contributed by atoms with Crippen LogP contribution in [0.2, 0.25) is 0 Å². The summed E-state index contributed by atoms with van der Waals surface area (Å²) in [4.78, 5) is 0. The summed E-state index contributed by atoms with van der Waals surface area (Å²) in [6.45, 7) is 0.536. The van der Waals surface area contributed by atoms with E-state index >= 15 is 0 Å². The predicted octanol–water partition coefficient (Wildman–Crippen LogP) is 2.35. The van der Waals surface area contributed by atoms with E-state index < -0.39 is 5.60 Å². The van der Waals surface area contributed by atoms with Crippen LogP contribution < -0.4 is 0 Å². The zero-order valence-electron chi connectivity index (χ0n) is 9.17. The van der Waals surface area contributed by atoms with Crippen LogP contribution in [-0.4, -0.2) is 24.4 Å². The lowest BCUT2D eigenvalue weighted by atomic mass is 9.86. The lowest BCUT2D eigenvalue weighted by molar-refractivity contribution is -0.0635. The zero-order valence-corrected chi connectivity index (χ0v) is 9.17. The molecule has 0 heterocycles. The molecule has 2 rings (SSSR count). The maximum Gasteiger partial charge on any atom is 0.0910 e. The summed E-state index contributed by atoms with van der Waals surface area (Å²) in [6.07, 6.45) is 8.74. The van der Waals surface area contributed by atoms with Crippen molar-refractivity contribution in [2.75, 3.05) is 13.7 Å². The van der Waals surface area contributed by atoms with Gasteiger partial charge < -0.3 is 9.84 Å². The molecule has 82 valence electrons. The summed E-state index contributed by atoms with van der Waals surface area (Å²) in [5.74, 6) is 1.29. The van der Waals surface area contributed by atoms with Crippen molar-refractivity contribution in [3.63, 3.8) is 0 Å². The Hall–Kier alpha value is -0.0800. The van der Waals surface area contributed by atoms with Gasteiger partial charge in [-0.05, 0) is 31.1 Å². The highest BCUT2D eigenvalue weighted by Gasteiger charge is 2.45. The monoisotopic (exact) mass is 198 g/mol. The van der Waals surface area contributed by atoms with E-state index in [0.717, 1.165) is 12.3 Å². The second kappa shape index (κ2) is 4.19. The van der Waals surface area contributed by atoms with E-state index in [1.54, 1.807) is 7.11 Å². The van der Waals surface area contributed by atoms with Gasteiger partial charge in [-0.1, -0.05) is 25.7 Å². The molecule has 14 heavy (non-hydrogen) atoms. The number of hydrogen-bond donors (Lipinski definition) is 1. The average Bonchev–Trinajstić information content (AvgIpc) is 2.89. The van der Waals surface area contributed by atoms with Crippen LogP contribution in [0.15, 0.2) is 0 Å². The quantitative estimate of drug-likeness (QED) is 0.735. The molecule has 0 aromatic heterocycles. The molecule has 0 aliphatic heterocycles. The smallest absolute Gasteiger partial charge is 0.0910 e. The minimum atomic E-state index is -0.496. The van der Waals surface area contributed by atoms with Gasteiger partial charge in [0.15, 0.2) is 0 Å². The highest BCUT2D eigenvalue weighted by molar-refractivity contribution is 4.96. The van der Waals surface area contributed by atoms with E-state index in [2.05, 4.69) is 0 Å². The van der Waals surface area contributed by atoms with E-state index in [9.17, 15) is 5.11 Å². The topological polar surface area (TPSA) is 29.5 Å². The van der Waals surface area contributed by atoms with Crippen molar-refractivity contribution in [1.82, 2.24) is 0 Å². The first kappa shape index (κ1) is 10.4. The van der Waals surface area contributed by atoms with Crippen LogP contribution in [0.3, 0.4) is 0 Å². The Morgan fingerprint density at radius 3 is 2.36 bits per heavy atom. The van der Waals surface area contributed by atoms with Crippen molar-refractivity contribution >= 4 is 0 Å². The van der Waals surface area contributed by atoms with Gasteiger partial charge in [-0.3, -0.25) is 0 Å². The summed E-state index contributed by atoms with van der Waals surface area (Å²) >= 11 is 0. The van der Waals surface area contributed by atoms with E-state index in [0.29, 0.717) is 12.5 Å². The first-order valence-corrected chi connectivity index (χ1v) is 5.96. The summed E-state index contributed by atoms with van der Waals surface area (Å²) < 4.78 is 5.17. The summed E-state index contributed by atoms with van der Waals surface area (Å²) in [5, 5.41) is 10.5. The first-order valence-electron chi connectivity index (χ1n) is 5.96. The molecule has 1 unspecified atom stereocenters. The Kier molecular flexibility index (Phi) is 3.13. The third kappa shape index (κ3) is 2.29. The number of aliphatic hydroxyl groups is 1. The zero-order chi connectivity index (χ0) is 10.0. The van der Waals surface area contributed by atoms with E-state index in [1.165, 1.54) is 38.5 Å². The molecule has 2 fully saturated rings. The molecule has 1 N–H and O–H groups in total. The lowest BCUT2D eigenvalue weighted by Crippen LogP contribution is -2.38. The molecule has 0 radical (unpaired) electrons. The molecule has 0 bridgehead atoms. The van der Waals surface area contributed by atoms with Gasteiger partial charge in [0.05, 0.1) is 12.2 Å². The number of rotatable bonds is 5. The van der Waals surface area contributed by atoms with Crippen molar-refractivity contribution in [3.05, 3.63) is 0 Å². The Morgan fingerprint density at radius 1 is 1.21 bits per heavy atom. The normalized spacial score (nSPS) is 27.9. The molecular weight excluding hydrogens is 176 g/mol. The first-order chi connectivity index (χ1) is 6.74. The number of ether oxygens (including phenoxy) is 1. The summed E-state index contributed by atoms with van der Waals surface area (Å²) in [6, 6.07) is 0. The Balaban J connectivity index is 1.88. The van der Waals surface area contributed by atoms with Crippen molar-refractivity contribution in [3.8, 4) is 0 Å². The van der Waals surface area contributed by atoms with Crippen LogP contribution >= 0.6 is 0 Å². The maximum atomic E-state index is 10.5. The molecule has 2 nitrogen and oxygen atoms in total. The fraction of sp³-hybridized carbons (Fsp3) is 1.00. The van der Waals surface area contributed by atoms with Gasteiger partial charge in [0.2, 0.25) is 0 Å². The molecule has 1 atom stereocenters. The fourth-order valence-corrected chi connectivity index (χ4v) is 2.93. The van der Waals surface area contributed by atoms with Crippen LogP contribution in [0.4, 0.5) is 0 Å². The van der Waals surface area contributed by atoms with E-state index in [1.807, 2.05) is 0 Å². The SMILES string of the molecule is COCC(O)(CC1CCCC1)C1CC1. The number of methoxy groups -OCH3 is 1. The van der Waals surface area contributed by atoms with Crippen molar-refractivity contribution in [2.45, 2.75) is 50.5 Å². The molecule has 2 aliphatic carbocycles. The summed E-state index contributed by atoms with van der Waals surface area (Å²) in [5.41, 5.74) is -0.496. The average molecular weight is 198 g/mol. The molecule has 0 amide bonds. The molecule has 2 heteroatoms. The molecular formula is C12H22O2.